The molecule has 11 heavy (non-hydrogen) atoms. The van der Waals surface area contributed by atoms with Crippen LogP contribution in [-0.4, -0.2) is 18.4 Å². The molecule has 0 aromatic heterocycles. The Morgan fingerprint density at radius 1 is 1.55 bits per heavy atom. The summed E-state index contributed by atoms with van der Waals surface area (Å²) in [5.41, 5.74) is 0.576. The van der Waals surface area contributed by atoms with Crippen molar-refractivity contribution in [2.45, 2.75) is 0 Å². The van der Waals surface area contributed by atoms with E-state index >= 15 is 0 Å². The maximum Gasteiger partial charge on any atom is 0.169 e. The van der Waals surface area contributed by atoms with Crippen molar-refractivity contribution in [3.8, 4) is 11.5 Å². The van der Waals surface area contributed by atoms with Gasteiger partial charge < -0.3 is 15.3 Å². The number of ether oxygens (including phenoxy) is 1. The molecule has 3 nitrogen and oxygen atoms in total. The van der Waals surface area contributed by atoms with Gasteiger partial charge in [-0.1, -0.05) is 6.07 Å². The van der Waals surface area contributed by atoms with Crippen molar-refractivity contribution in [1.82, 2.24) is 0 Å². The van der Waals surface area contributed by atoms with Gasteiger partial charge in [0.1, 0.15) is 0 Å². The van der Waals surface area contributed by atoms with Crippen molar-refractivity contribution in [2.24, 2.45) is 0 Å². The van der Waals surface area contributed by atoms with Crippen LogP contribution >= 0.6 is 0 Å². The highest BCUT2D eigenvalue weighted by Gasteiger charge is 2.03. The Balaban J connectivity index is 3.23. The van der Waals surface area contributed by atoms with Crippen LogP contribution in [0.1, 0.15) is 5.56 Å². The average molecular weight is 151 g/mol. The zero-order chi connectivity index (χ0) is 8.27. The Bertz CT molecular complexity index is 271. The van der Waals surface area contributed by atoms with E-state index in [1.165, 1.54) is 13.2 Å². The predicted molar refractivity (Wildman–Crippen MR) is 42.5 cm³/mol. The topological polar surface area (TPSA) is 53.3 Å². The van der Waals surface area contributed by atoms with Gasteiger partial charge in [-0.25, -0.2) is 0 Å². The minimum atomic E-state index is 0.0634. The van der Waals surface area contributed by atoms with Crippen molar-refractivity contribution in [3.05, 3.63) is 23.8 Å². The third-order valence-electron chi connectivity index (χ3n) is 1.38. The lowest BCUT2D eigenvalue weighted by molar-refractivity contribution is 0.373. The van der Waals surface area contributed by atoms with Crippen LogP contribution < -0.4 is 4.74 Å². The fourth-order valence-electron chi connectivity index (χ4n) is 0.878. The molecule has 0 aliphatic rings. The molecule has 0 unspecified atom stereocenters. The van der Waals surface area contributed by atoms with Crippen molar-refractivity contribution in [2.75, 3.05) is 7.11 Å². The fraction of sp³-hybridized carbons (Fsp3) is 0.125. The summed E-state index contributed by atoms with van der Waals surface area (Å²) >= 11 is 0. The van der Waals surface area contributed by atoms with E-state index in [1.54, 1.807) is 12.1 Å². The summed E-state index contributed by atoms with van der Waals surface area (Å²) < 4.78 is 4.87. The standard InChI is InChI=1S/C8H9NO2/c1-11-8-6(5-9)3-2-4-7(8)10/h2-5,9-10H,1H3. The van der Waals surface area contributed by atoms with Crippen molar-refractivity contribution >= 4 is 6.21 Å². The molecular formula is C8H9NO2. The summed E-state index contributed by atoms with van der Waals surface area (Å²) in [6.45, 7) is 0. The van der Waals surface area contributed by atoms with Crippen LogP contribution in [0.2, 0.25) is 0 Å². The normalized spacial score (nSPS) is 9.18. The van der Waals surface area contributed by atoms with E-state index in [1.807, 2.05) is 0 Å². The third-order valence-corrected chi connectivity index (χ3v) is 1.38. The minimum absolute atomic E-state index is 0.0634. The minimum Gasteiger partial charge on any atom is -0.504 e. The van der Waals surface area contributed by atoms with Gasteiger partial charge in [-0.05, 0) is 12.1 Å². The first-order valence-corrected chi connectivity index (χ1v) is 3.16. The van der Waals surface area contributed by atoms with Gasteiger partial charge in [0.15, 0.2) is 11.5 Å². The maximum atomic E-state index is 9.19. The summed E-state index contributed by atoms with van der Waals surface area (Å²) in [6.07, 6.45) is 1.14. The van der Waals surface area contributed by atoms with Gasteiger partial charge in [-0.3, -0.25) is 0 Å². The van der Waals surface area contributed by atoms with E-state index in [4.69, 9.17) is 10.1 Å². The molecular weight excluding hydrogens is 142 g/mol. The highest BCUT2D eigenvalue weighted by atomic mass is 16.5. The van der Waals surface area contributed by atoms with Gasteiger partial charge in [0.05, 0.1) is 7.11 Å². The van der Waals surface area contributed by atoms with Crippen molar-refractivity contribution in [1.29, 1.82) is 5.41 Å². The van der Waals surface area contributed by atoms with E-state index in [0.717, 1.165) is 6.21 Å². The lowest BCUT2D eigenvalue weighted by Crippen LogP contribution is -1.89. The van der Waals surface area contributed by atoms with E-state index in [9.17, 15) is 5.11 Å². The largest absolute Gasteiger partial charge is 0.504 e. The van der Waals surface area contributed by atoms with Crippen LogP contribution in [-0.2, 0) is 0 Å². The smallest absolute Gasteiger partial charge is 0.169 e. The van der Waals surface area contributed by atoms with Crippen LogP contribution in [0.4, 0.5) is 0 Å². The van der Waals surface area contributed by atoms with E-state index in [0.29, 0.717) is 11.3 Å². The molecule has 1 aromatic carbocycles. The van der Waals surface area contributed by atoms with Gasteiger partial charge >= 0.3 is 0 Å². The van der Waals surface area contributed by atoms with E-state index in [-0.39, 0.29) is 5.75 Å². The van der Waals surface area contributed by atoms with Crippen molar-refractivity contribution < 1.29 is 9.84 Å². The summed E-state index contributed by atoms with van der Waals surface area (Å²) in [5.74, 6) is 0.413. The second-order valence-corrected chi connectivity index (χ2v) is 2.04. The second kappa shape index (κ2) is 3.05. The van der Waals surface area contributed by atoms with Crippen LogP contribution in [0, 0.1) is 5.41 Å². The predicted octanol–water partition coefficient (Wildman–Crippen LogP) is 1.40. The first-order chi connectivity index (χ1) is 5.29. The SMILES string of the molecule is COc1c(O)cccc1C=N. The first kappa shape index (κ1) is 7.60. The quantitative estimate of drug-likeness (QED) is 0.627. The Morgan fingerprint density at radius 2 is 2.27 bits per heavy atom. The lowest BCUT2D eigenvalue weighted by Gasteiger charge is -2.04. The number of methoxy groups -OCH3 is 1. The highest BCUT2D eigenvalue weighted by Crippen LogP contribution is 2.27. The lowest BCUT2D eigenvalue weighted by atomic mass is 10.2. The van der Waals surface area contributed by atoms with Gasteiger partial charge in [-0.2, -0.15) is 0 Å². The van der Waals surface area contributed by atoms with Gasteiger partial charge in [-0.15, -0.1) is 0 Å². The fourth-order valence-corrected chi connectivity index (χ4v) is 0.878. The molecule has 0 saturated heterocycles. The zero-order valence-electron chi connectivity index (χ0n) is 6.16. The first-order valence-electron chi connectivity index (χ1n) is 3.16. The number of benzene rings is 1. The monoisotopic (exact) mass is 151 g/mol. The molecule has 0 atom stereocenters. The molecule has 1 aromatic rings. The van der Waals surface area contributed by atoms with Crippen LogP contribution in [0.25, 0.3) is 0 Å². The Labute approximate surface area is 64.8 Å². The third kappa shape index (κ3) is 1.32. The molecule has 0 heterocycles. The van der Waals surface area contributed by atoms with E-state index in [2.05, 4.69) is 0 Å². The summed E-state index contributed by atoms with van der Waals surface area (Å²) in [6, 6.07) is 4.88. The molecule has 1 rings (SSSR count). The molecule has 0 fully saturated rings. The van der Waals surface area contributed by atoms with Crippen molar-refractivity contribution in [3.63, 3.8) is 0 Å². The molecule has 0 aliphatic heterocycles. The highest BCUT2D eigenvalue weighted by molar-refractivity contribution is 5.82. The van der Waals surface area contributed by atoms with Crippen LogP contribution in [0.15, 0.2) is 18.2 Å². The Hall–Kier alpha value is -1.51. The number of phenols is 1. The van der Waals surface area contributed by atoms with E-state index < -0.39 is 0 Å². The van der Waals surface area contributed by atoms with Gasteiger partial charge in [0.25, 0.3) is 0 Å². The molecule has 0 aliphatic carbocycles. The molecule has 0 amide bonds. The van der Waals surface area contributed by atoms with Gasteiger partial charge in [0.2, 0.25) is 0 Å². The summed E-state index contributed by atoms with van der Waals surface area (Å²) in [4.78, 5) is 0. The number of hydrogen-bond acceptors (Lipinski definition) is 3. The number of phenolic OH excluding ortho intramolecular Hbond substituents is 1. The Morgan fingerprint density at radius 3 is 2.73 bits per heavy atom. The Kier molecular flexibility index (Phi) is 2.11. The number of para-hydroxylation sites is 1. The molecule has 0 saturated carbocycles. The summed E-state index contributed by atoms with van der Waals surface area (Å²) in [7, 11) is 1.46. The average Bonchev–Trinajstić information content (AvgIpc) is 2.04. The molecule has 0 radical (unpaired) electrons. The zero-order valence-corrected chi connectivity index (χ0v) is 6.16. The van der Waals surface area contributed by atoms with Gasteiger partial charge in [0, 0.05) is 11.8 Å². The number of aromatic hydroxyl groups is 1. The molecule has 58 valence electrons. The number of hydrogen-bond donors (Lipinski definition) is 2. The molecule has 0 spiro atoms. The maximum absolute atomic E-state index is 9.19. The van der Waals surface area contributed by atoms with Crippen LogP contribution in [0.3, 0.4) is 0 Å². The molecule has 2 N–H and O–H groups in total. The number of nitrogens with one attached hydrogen (secondary N) is 1. The van der Waals surface area contributed by atoms with Crippen LogP contribution in [0.5, 0.6) is 11.5 Å². The number of rotatable bonds is 2. The molecule has 0 bridgehead atoms. The second-order valence-electron chi connectivity index (χ2n) is 2.04. The summed E-state index contributed by atoms with van der Waals surface area (Å²) in [5, 5.41) is 16.2. The molecule has 3 heteroatoms.